The summed E-state index contributed by atoms with van der Waals surface area (Å²) >= 11 is 11.7. The van der Waals surface area contributed by atoms with Crippen molar-refractivity contribution in [1.82, 2.24) is 4.98 Å². The Balaban J connectivity index is 2.39. The molecule has 0 atom stereocenters. The fourth-order valence-corrected chi connectivity index (χ4v) is 1.63. The third-order valence-corrected chi connectivity index (χ3v) is 2.90. The fraction of sp³-hybridized carbons (Fsp3) is 0. The van der Waals surface area contributed by atoms with E-state index in [1.165, 1.54) is 0 Å². The lowest BCUT2D eigenvalue weighted by Crippen LogP contribution is -2.01. The van der Waals surface area contributed by atoms with Crippen molar-refractivity contribution >= 4 is 28.9 Å². The monoisotopic (exact) mass is 250 g/mol. The molecule has 80 valence electrons. The molecule has 0 saturated heterocycles. The maximum absolute atomic E-state index is 8.00. The van der Waals surface area contributed by atoms with Gasteiger partial charge < -0.3 is 0 Å². The van der Waals surface area contributed by atoms with E-state index in [4.69, 9.17) is 28.6 Å². The second-order valence-corrected chi connectivity index (χ2v) is 4.06. The molecule has 0 aliphatic carbocycles. The van der Waals surface area contributed by atoms with Gasteiger partial charge in [-0.2, -0.15) is 0 Å². The Morgan fingerprint density at radius 2 is 1.88 bits per heavy atom. The number of halogens is 2. The Kier molecular flexibility index (Phi) is 3.22. The zero-order valence-corrected chi connectivity index (χ0v) is 9.76. The summed E-state index contributed by atoms with van der Waals surface area (Å²) in [6.45, 7) is 0. The van der Waals surface area contributed by atoms with Gasteiger partial charge >= 0.3 is 0 Å². The van der Waals surface area contributed by atoms with Crippen LogP contribution in [0.25, 0.3) is 0 Å². The molecule has 1 aromatic heterocycles. The van der Waals surface area contributed by atoms with Crippen LogP contribution in [0.4, 0.5) is 0 Å². The first kappa shape index (κ1) is 11.1. The van der Waals surface area contributed by atoms with Crippen molar-refractivity contribution in [2.75, 3.05) is 0 Å². The summed E-state index contributed by atoms with van der Waals surface area (Å²) in [5.74, 6) is 0. The van der Waals surface area contributed by atoms with Crippen LogP contribution in [0.1, 0.15) is 11.1 Å². The number of hydrogen-bond donors (Lipinski definition) is 1. The molecule has 1 N–H and O–H groups in total. The minimum atomic E-state index is 0.381. The average molecular weight is 251 g/mol. The van der Waals surface area contributed by atoms with Crippen LogP contribution in [0.15, 0.2) is 42.7 Å². The van der Waals surface area contributed by atoms with Gasteiger partial charge in [-0.25, -0.2) is 0 Å². The first-order valence-corrected chi connectivity index (χ1v) is 5.38. The molecule has 0 radical (unpaired) electrons. The third-order valence-electron chi connectivity index (χ3n) is 2.16. The highest BCUT2D eigenvalue weighted by molar-refractivity contribution is 6.42. The fourth-order valence-electron chi connectivity index (χ4n) is 1.33. The van der Waals surface area contributed by atoms with Crippen molar-refractivity contribution in [3.05, 3.63) is 63.9 Å². The molecule has 0 spiro atoms. The number of hydrogen-bond acceptors (Lipinski definition) is 2. The molecule has 1 aromatic carbocycles. The Morgan fingerprint density at radius 1 is 1.06 bits per heavy atom. The van der Waals surface area contributed by atoms with Crippen molar-refractivity contribution in [3.8, 4) is 0 Å². The van der Waals surface area contributed by atoms with Crippen LogP contribution in [-0.2, 0) is 0 Å². The molecule has 0 unspecified atom stereocenters. The van der Waals surface area contributed by atoms with E-state index in [1.54, 1.807) is 36.7 Å². The third kappa shape index (κ3) is 2.23. The van der Waals surface area contributed by atoms with Crippen LogP contribution in [0.5, 0.6) is 0 Å². The quantitative estimate of drug-likeness (QED) is 0.809. The summed E-state index contributed by atoms with van der Waals surface area (Å²) in [7, 11) is 0. The van der Waals surface area contributed by atoms with E-state index in [9.17, 15) is 0 Å². The van der Waals surface area contributed by atoms with Crippen LogP contribution >= 0.6 is 23.2 Å². The summed E-state index contributed by atoms with van der Waals surface area (Å²) in [6, 6.07) is 8.76. The molecule has 0 aliphatic heterocycles. The summed E-state index contributed by atoms with van der Waals surface area (Å²) in [4.78, 5) is 3.97. The van der Waals surface area contributed by atoms with E-state index in [0.717, 1.165) is 11.1 Å². The molecular weight excluding hydrogens is 243 g/mol. The van der Waals surface area contributed by atoms with E-state index in [-0.39, 0.29) is 0 Å². The van der Waals surface area contributed by atoms with E-state index in [2.05, 4.69) is 4.98 Å². The van der Waals surface area contributed by atoms with Gasteiger partial charge in [-0.05, 0) is 24.3 Å². The van der Waals surface area contributed by atoms with Crippen molar-refractivity contribution in [2.24, 2.45) is 0 Å². The van der Waals surface area contributed by atoms with Gasteiger partial charge in [-0.3, -0.25) is 10.4 Å². The van der Waals surface area contributed by atoms with Crippen LogP contribution in [-0.4, -0.2) is 10.7 Å². The first-order valence-electron chi connectivity index (χ1n) is 4.63. The topological polar surface area (TPSA) is 36.7 Å². The maximum atomic E-state index is 8.00. The van der Waals surface area contributed by atoms with Gasteiger partial charge in [0.1, 0.15) is 0 Å². The molecule has 16 heavy (non-hydrogen) atoms. The van der Waals surface area contributed by atoms with Crippen LogP contribution in [0.3, 0.4) is 0 Å². The van der Waals surface area contributed by atoms with Gasteiger partial charge in [0.15, 0.2) is 0 Å². The highest BCUT2D eigenvalue weighted by Crippen LogP contribution is 2.23. The van der Waals surface area contributed by atoms with Crippen LogP contribution in [0.2, 0.25) is 10.0 Å². The lowest BCUT2D eigenvalue weighted by molar-refractivity contribution is 1.30. The SMILES string of the molecule is N=C(c1cccnc1)c1ccc(Cl)c(Cl)c1. The van der Waals surface area contributed by atoms with Gasteiger partial charge in [0, 0.05) is 23.5 Å². The number of rotatable bonds is 2. The van der Waals surface area contributed by atoms with E-state index in [1.807, 2.05) is 6.07 Å². The van der Waals surface area contributed by atoms with Crippen molar-refractivity contribution in [1.29, 1.82) is 5.41 Å². The molecule has 0 bridgehead atoms. The maximum Gasteiger partial charge on any atom is 0.0700 e. The van der Waals surface area contributed by atoms with E-state index >= 15 is 0 Å². The summed E-state index contributed by atoms with van der Waals surface area (Å²) in [5, 5.41) is 8.94. The number of aromatic nitrogens is 1. The number of benzene rings is 1. The van der Waals surface area contributed by atoms with Gasteiger partial charge in [0.2, 0.25) is 0 Å². The predicted octanol–water partition coefficient (Wildman–Crippen LogP) is 3.80. The normalized spacial score (nSPS) is 10.1. The molecule has 2 rings (SSSR count). The first-order chi connectivity index (χ1) is 7.68. The summed E-state index contributed by atoms with van der Waals surface area (Å²) < 4.78 is 0. The number of pyridine rings is 1. The van der Waals surface area contributed by atoms with E-state index < -0.39 is 0 Å². The molecule has 0 fully saturated rings. The standard InChI is InChI=1S/C12H8Cl2N2/c13-10-4-3-8(6-11(10)14)12(15)9-2-1-5-16-7-9/h1-7,15H. The Labute approximate surface area is 103 Å². The summed E-state index contributed by atoms with van der Waals surface area (Å²) in [5.41, 5.74) is 1.86. The van der Waals surface area contributed by atoms with Crippen LogP contribution < -0.4 is 0 Å². The Hall–Kier alpha value is -1.38. The Morgan fingerprint density at radius 3 is 2.50 bits per heavy atom. The van der Waals surface area contributed by atoms with Gasteiger partial charge in [-0.15, -0.1) is 0 Å². The van der Waals surface area contributed by atoms with Gasteiger partial charge in [-0.1, -0.05) is 29.3 Å². The van der Waals surface area contributed by atoms with Crippen molar-refractivity contribution in [2.45, 2.75) is 0 Å². The minimum absolute atomic E-state index is 0.381. The highest BCUT2D eigenvalue weighted by Gasteiger charge is 2.06. The molecule has 2 aromatic rings. The average Bonchev–Trinajstić information content (AvgIpc) is 2.33. The smallest absolute Gasteiger partial charge is 0.0700 e. The zero-order valence-electron chi connectivity index (χ0n) is 8.24. The zero-order chi connectivity index (χ0) is 11.5. The molecule has 2 nitrogen and oxygen atoms in total. The lowest BCUT2D eigenvalue weighted by atomic mass is 10.0. The molecule has 0 amide bonds. The second-order valence-electron chi connectivity index (χ2n) is 3.25. The largest absolute Gasteiger partial charge is 0.300 e. The van der Waals surface area contributed by atoms with Crippen LogP contribution in [0, 0.1) is 5.41 Å². The van der Waals surface area contributed by atoms with Crippen molar-refractivity contribution < 1.29 is 0 Å². The lowest BCUT2D eigenvalue weighted by Gasteiger charge is -2.05. The number of nitrogens with zero attached hydrogens (tertiary/aromatic N) is 1. The second kappa shape index (κ2) is 4.64. The van der Waals surface area contributed by atoms with Gasteiger partial charge in [0.05, 0.1) is 15.8 Å². The molecular formula is C12H8Cl2N2. The minimum Gasteiger partial charge on any atom is -0.300 e. The van der Waals surface area contributed by atoms with E-state index in [0.29, 0.717) is 15.8 Å². The molecule has 0 saturated carbocycles. The Bertz CT molecular complexity index is 524. The van der Waals surface area contributed by atoms with Crippen molar-refractivity contribution in [3.63, 3.8) is 0 Å². The number of nitrogens with one attached hydrogen (secondary N) is 1. The molecule has 0 aliphatic rings. The predicted molar refractivity (Wildman–Crippen MR) is 66.6 cm³/mol. The molecule has 1 heterocycles. The highest BCUT2D eigenvalue weighted by atomic mass is 35.5. The summed E-state index contributed by atoms with van der Waals surface area (Å²) in [6.07, 6.45) is 3.32. The van der Waals surface area contributed by atoms with Gasteiger partial charge in [0.25, 0.3) is 0 Å². The molecule has 4 heteroatoms.